The number of aromatic nitrogens is 3. The number of hydrogen-bond donors (Lipinski definition) is 1. The number of benzene rings is 2. The highest BCUT2D eigenvalue weighted by Gasteiger charge is 2.19. The van der Waals surface area contributed by atoms with Crippen molar-refractivity contribution in [1.29, 1.82) is 0 Å². The van der Waals surface area contributed by atoms with E-state index in [1.165, 1.54) is 39.5 Å². The van der Waals surface area contributed by atoms with E-state index in [0.717, 1.165) is 31.1 Å². The van der Waals surface area contributed by atoms with E-state index in [1.54, 1.807) is 0 Å². The Labute approximate surface area is 220 Å². The SMILES string of the molecule is Cc1ccc(C)n1-c1cc(C(CCNCc2ccccc2)c2ccccc2)cc(-n2c(C)ccc2C)n1. The summed E-state index contributed by atoms with van der Waals surface area (Å²) in [5, 5.41) is 3.67. The summed E-state index contributed by atoms with van der Waals surface area (Å²) in [6.07, 6.45) is 0.993. The third-order valence-electron chi connectivity index (χ3n) is 7.21. The highest BCUT2D eigenvalue weighted by atomic mass is 15.1. The van der Waals surface area contributed by atoms with Crippen LogP contribution in [0.2, 0.25) is 0 Å². The summed E-state index contributed by atoms with van der Waals surface area (Å²) < 4.78 is 4.52. The van der Waals surface area contributed by atoms with Crippen molar-refractivity contribution < 1.29 is 0 Å². The fraction of sp³-hybridized carbons (Fsp3) is 0.242. The molecular weight excluding hydrogens is 452 g/mol. The van der Waals surface area contributed by atoms with Crippen molar-refractivity contribution in [3.05, 3.63) is 137 Å². The Morgan fingerprint density at radius 1 is 0.622 bits per heavy atom. The van der Waals surface area contributed by atoms with Gasteiger partial charge in [-0.15, -0.1) is 0 Å². The van der Waals surface area contributed by atoms with E-state index in [1.807, 2.05) is 0 Å². The number of aryl methyl sites for hydroxylation is 4. The maximum absolute atomic E-state index is 5.18. The quantitative estimate of drug-likeness (QED) is 0.223. The van der Waals surface area contributed by atoms with Gasteiger partial charge in [-0.3, -0.25) is 0 Å². The van der Waals surface area contributed by atoms with Gasteiger partial charge in [0.05, 0.1) is 0 Å². The number of rotatable bonds is 9. The maximum Gasteiger partial charge on any atom is 0.139 e. The second-order valence-corrected chi connectivity index (χ2v) is 9.93. The van der Waals surface area contributed by atoms with E-state index in [9.17, 15) is 0 Å². The van der Waals surface area contributed by atoms with Crippen molar-refractivity contribution in [2.45, 2.75) is 46.6 Å². The fourth-order valence-electron chi connectivity index (χ4n) is 5.30. The van der Waals surface area contributed by atoms with Gasteiger partial charge in [0.25, 0.3) is 0 Å². The van der Waals surface area contributed by atoms with Gasteiger partial charge < -0.3 is 14.5 Å². The molecule has 2 aromatic carbocycles. The average Bonchev–Trinajstić information content (AvgIpc) is 3.44. The van der Waals surface area contributed by atoms with Crippen LogP contribution in [0.25, 0.3) is 11.6 Å². The van der Waals surface area contributed by atoms with E-state index in [-0.39, 0.29) is 5.92 Å². The lowest BCUT2D eigenvalue weighted by Gasteiger charge is -2.22. The normalized spacial score (nSPS) is 12.1. The molecule has 0 saturated carbocycles. The summed E-state index contributed by atoms with van der Waals surface area (Å²) in [4.78, 5) is 5.18. The maximum atomic E-state index is 5.18. The van der Waals surface area contributed by atoms with E-state index in [2.05, 4.69) is 139 Å². The van der Waals surface area contributed by atoms with Crippen LogP contribution < -0.4 is 5.32 Å². The molecule has 37 heavy (non-hydrogen) atoms. The molecule has 0 spiro atoms. The Hall–Kier alpha value is -3.89. The summed E-state index contributed by atoms with van der Waals surface area (Å²) in [6.45, 7) is 10.4. The molecule has 5 aromatic rings. The standard InChI is InChI=1S/C33H36N4/c1-24-15-16-25(2)36(24)32-21-30(22-33(35-32)37-26(3)17-18-27(37)4)31(29-13-9-6-10-14-29)19-20-34-23-28-11-7-5-8-12-28/h5-18,21-22,31,34H,19-20,23H2,1-4H3. The van der Waals surface area contributed by atoms with Crippen LogP contribution in [0.3, 0.4) is 0 Å². The van der Waals surface area contributed by atoms with Gasteiger partial charge in [-0.25, -0.2) is 4.98 Å². The molecule has 4 heteroatoms. The zero-order valence-corrected chi connectivity index (χ0v) is 22.3. The van der Waals surface area contributed by atoms with Crippen LogP contribution in [-0.2, 0) is 6.54 Å². The Balaban J connectivity index is 1.55. The van der Waals surface area contributed by atoms with Gasteiger partial charge in [-0.05, 0) is 93.7 Å². The molecule has 1 N–H and O–H groups in total. The Morgan fingerprint density at radius 3 is 1.62 bits per heavy atom. The summed E-state index contributed by atoms with van der Waals surface area (Å²) in [6, 6.07) is 34.7. The smallest absolute Gasteiger partial charge is 0.139 e. The molecule has 3 aromatic heterocycles. The lowest BCUT2D eigenvalue weighted by atomic mass is 9.88. The zero-order valence-electron chi connectivity index (χ0n) is 22.3. The van der Waals surface area contributed by atoms with Crippen LogP contribution >= 0.6 is 0 Å². The highest BCUT2D eigenvalue weighted by Crippen LogP contribution is 2.31. The molecule has 5 rings (SSSR count). The molecule has 1 atom stereocenters. The van der Waals surface area contributed by atoms with Crippen molar-refractivity contribution in [1.82, 2.24) is 19.4 Å². The number of nitrogens with one attached hydrogen (secondary N) is 1. The molecule has 0 amide bonds. The van der Waals surface area contributed by atoms with Gasteiger partial charge in [-0.1, -0.05) is 60.7 Å². The monoisotopic (exact) mass is 488 g/mol. The minimum Gasteiger partial charge on any atom is -0.313 e. The first-order valence-electron chi connectivity index (χ1n) is 13.1. The summed E-state index contributed by atoms with van der Waals surface area (Å²) in [5.41, 5.74) is 8.68. The second kappa shape index (κ2) is 11.0. The summed E-state index contributed by atoms with van der Waals surface area (Å²) in [7, 11) is 0. The van der Waals surface area contributed by atoms with Crippen LogP contribution in [0.15, 0.2) is 97.1 Å². The van der Waals surface area contributed by atoms with E-state index in [0.29, 0.717) is 0 Å². The molecular formula is C33H36N4. The topological polar surface area (TPSA) is 34.8 Å². The van der Waals surface area contributed by atoms with Crippen molar-refractivity contribution in [2.75, 3.05) is 6.54 Å². The fourth-order valence-corrected chi connectivity index (χ4v) is 5.30. The summed E-state index contributed by atoms with van der Waals surface area (Å²) in [5.74, 6) is 2.19. The van der Waals surface area contributed by atoms with Crippen LogP contribution in [0.5, 0.6) is 0 Å². The van der Waals surface area contributed by atoms with Crippen molar-refractivity contribution in [3.8, 4) is 11.6 Å². The molecule has 0 fully saturated rings. The third-order valence-corrected chi connectivity index (χ3v) is 7.21. The third kappa shape index (κ3) is 5.45. The molecule has 0 aliphatic heterocycles. The molecule has 188 valence electrons. The lowest BCUT2D eigenvalue weighted by Crippen LogP contribution is -2.18. The van der Waals surface area contributed by atoms with Crippen molar-refractivity contribution in [2.24, 2.45) is 0 Å². The molecule has 0 radical (unpaired) electrons. The highest BCUT2D eigenvalue weighted by molar-refractivity contribution is 5.46. The minimum absolute atomic E-state index is 0.248. The first-order chi connectivity index (χ1) is 18.0. The Kier molecular flexibility index (Phi) is 7.38. The second-order valence-electron chi connectivity index (χ2n) is 9.93. The molecule has 0 saturated heterocycles. The van der Waals surface area contributed by atoms with Crippen LogP contribution in [0, 0.1) is 27.7 Å². The predicted octanol–water partition coefficient (Wildman–Crippen LogP) is 7.21. The van der Waals surface area contributed by atoms with E-state index < -0.39 is 0 Å². The van der Waals surface area contributed by atoms with E-state index in [4.69, 9.17) is 4.98 Å². The average molecular weight is 489 g/mol. The van der Waals surface area contributed by atoms with Gasteiger partial charge in [-0.2, -0.15) is 0 Å². The zero-order chi connectivity index (χ0) is 25.8. The first kappa shape index (κ1) is 24.8. The molecule has 0 aliphatic rings. The first-order valence-corrected chi connectivity index (χ1v) is 13.1. The predicted molar refractivity (Wildman–Crippen MR) is 153 cm³/mol. The Morgan fingerprint density at radius 2 is 1.11 bits per heavy atom. The molecule has 0 bridgehead atoms. The van der Waals surface area contributed by atoms with Gasteiger partial charge in [0.15, 0.2) is 0 Å². The summed E-state index contributed by atoms with van der Waals surface area (Å²) >= 11 is 0. The van der Waals surface area contributed by atoms with Crippen molar-refractivity contribution >= 4 is 0 Å². The number of pyridine rings is 1. The molecule has 3 heterocycles. The van der Waals surface area contributed by atoms with Gasteiger partial charge in [0.1, 0.15) is 11.6 Å². The van der Waals surface area contributed by atoms with Crippen LogP contribution in [-0.4, -0.2) is 20.7 Å². The largest absolute Gasteiger partial charge is 0.313 e. The van der Waals surface area contributed by atoms with Gasteiger partial charge >= 0.3 is 0 Å². The lowest BCUT2D eigenvalue weighted by molar-refractivity contribution is 0.610. The molecule has 0 aliphatic carbocycles. The molecule has 4 nitrogen and oxygen atoms in total. The molecule has 1 unspecified atom stereocenters. The minimum atomic E-state index is 0.248. The Bertz CT molecular complexity index is 1360. The number of nitrogens with zero attached hydrogens (tertiary/aromatic N) is 3. The van der Waals surface area contributed by atoms with Gasteiger partial charge in [0.2, 0.25) is 0 Å². The van der Waals surface area contributed by atoms with Crippen LogP contribution in [0.1, 0.15) is 51.8 Å². The van der Waals surface area contributed by atoms with Gasteiger partial charge in [0, 0.05) is 35.2 Å². The van der Waals surface area contributed by atoms with E-state index >= 15 is 0 Å². The van der Waals surface area contributed by atoms with Crippen molar-refractivity contribution in [3.63, 3.8) is 0 Å². The van der Waals surface area contributed by atoms with Crippen LogP contribution in [0.4, 0.5) is 0 Å². The number of hydrogen-bond acceptors (Lipinski definition) is 2.